The highest BCUT2D eigenvalue weighted by atomic mass is 16.7. The summed E-state index contributed by atoms with van der Waals surface area (Å²) < 4.78 is 0. The molecule has 4 rings (SSSR count). The lowest BCUT2D eigenvalue weighted by molar-refractivity contribution is -0.148. The number of rotatable bonds is 14. The van der Waals surface area contributed by atoms with Crippen molar-refractivity contribution in [3.8, 4) is 22.6 Å². The summed E-state index contributed by atoms with van der Waals surface area (Å²) in [5, 5.41) is 18.3. The van der Waals surface area contributed by atoms with Crippen LogP contribution in [0.3, 0.4) is 0 Å². The molecule has 1 aliphatic rings. The van der Waals surface area contributed by atoms with Crippen molar-refractivity contribution in [3.05, 3.63) is 71.4 Å². The van der Waals surface area contributed by atoms with Gasteiger partial charge in [0.25, 0.3) is 5.91 Å². The smallest absolute Gasteiger partial charge is 0.414 e. The molecule has 222 valence electrons. The molecule has 42 heavy (non-hydrogen) atoms. The highest BCUT2D eigenvalue weighted by Crippen LogP contribution is 2.29. The second-order valence-electron chi connectivity index (χ2n) is 10.5. The van der Waals surface area contributed by atoms with Crippen LogP contribution in [-0.2, 0) is 16.1 Å². The zero-order chi connectivity index (χ0) is 30.1. The third-order valence-electron chi connectivity index (χ3n) is 7.38. The van der Waals surface area contributed by atoms with E-state index in [9.17, 15) is 14.4 Å². The largest absolute Gasteiger partial charge is 0.479 e. The predicted octanol–water partition coefficient (Wildman–Crippen LogP) is 6.51. The maximum Gasteiger partial charge on any atom is 0.414 e. The van der Waals surface area contributed by atoms with Gasteiger partial charge in [-0.3, -0.25) is 15.1 Å². The van der Waals surface area contributed by atoms with Crippen molar-refractivity contribution >= 4 is 23.7 Å². The number of benzene rings is 2. The molecule has 2 heterocycles. The maximum atomic E-state index is 12.4. The second kappa shape index (κ2) is 14.5. The number of aryl methyl sites for hydroxylation is 1. The molecule has 1 aliphatic heterocycles. The number of amides is 2. The van der Waals surface area contributed by atoms with E-state index in [1.165, 1.54) is 51.6 Å². The number of unbranched alkanes of at least 4 members (excludes halogenated alkanes) is 7. The number of nitrogens with one attached hydrogen (secondary N) is 2. The van der Waals surface area contributed by atoms with Gasteiger partial charge in [0.05, 0.1) is 11.4 Å². The minimum atomic E-state index is -1.31. The van der Waals surface area contributed by atoms with E-state index in [0.717, 1.165) is 47.3 Å². The molecule has 2 aromatic carbocycles. The van der Waals surface area contributed by atoms with Crippen LogP contribution in [-0.4, -0.2) is 56.2 Å². The Morgan fingerprint density at radius 3 is 2.05 bits per heavy atom. The van der Waals surface area contributed by atoms with Crippen LogP contribution in [0.25, 0.3) is 28.3 Å². The number of H-pyrrole nitrogens is 1. The SMILES string of the molecule is CCCCCCCCCCc1[nH]c(-c2ccc(C3=CC(C(=O)O)ON3)cc2)nc1-c1ccc(C(=O)N(C)C(=O)O)cc1. The summed E-state index contributed by atoms with van der Waals surface area (Å²) in [6.07, 6.45) is 9.71. The number of aliphatic carboxylic acids is 1. The van der Waals surface area contributed by atoms with Gasteiger partial charge in [0.15, 0.2) is 0 Å². The van der Waals surface area contributed by atoms with Gasteiger partial charge < -0.3 is 15.2 Å². The fraction of sp³-hybridized carbons (Fsp3) is 0.375. The number of carbonyl (C=O) groups excluding carboxylic acids is 1. The summed E-state index contributed by atoms with van der Waals surface area (Å²) in [6.45, 7) is 2.22. The maximum absolute atomic E-state index is 12.4. The number of imide groups is 1. The first-order valence-electron chi connectivity index (χ1n) is 14.5. The Kier molecular flexibility index (Phi) is 10.5. The zero-order valence-electron chi connectivity index (χ0n) is 24.1. The Labute approximate surface area is 245 Å². The summed E-state index contributed by atoms with van der Waals surface area (Å²) in [5.41, 5.74) is 7.82. The fourth-order valence-electron chi connectivity index (χ4n) is 4.88. The van der Waals surface area contributed by atoms with E-state index in [0.29, 0.717) is 16.4 Å². The van der Waals surface area contributed by atoms with Crippen molar-refractivity contribution in [1.82, 2.24) is 20.3 Å². The molecular formula is C32H38N4O6. The van der Waals surface area contributed by atoms with Crippen molar-refractivity contribution < 1.29 is 29.4 Å². The van der Waals surface area contributed by atoms with Gasteiger partial charge in [-0.2, -0.15) is 0 Å². The molecule has 0 saturated carbocycles. The van der Waals surface area contributed by atoms with E-state index in [1.807, 2.05) is 24.3 Å². The molecule has 3 aromatic rings. The molecule has 0 bridgehead atoms. The number of imidazole rings is 1. The normalized spacial score (nSPS) is 14.3. The summed E-state index contributed by atoms with van der Waals surface area (Å²) in [7, 11) is 1.22. The number of carboxylic acid groups (broad SMARTS) is 2. The first kappa shape index (κ1) is 30.5. The Bertz CT molecular complexity index is 1410. The summed E-state index contributed by atoms with van der Waals surface area (Å²) >= 11 is 0. The molecule has 10 nitrogen and oxygen atoms in total. The first-order valence-corrected chi connectivity index (χ1v) is 14.5. The van der Waals surface area contributed by atoms with Crippen LogP contribution in [0, 0.1) is 0 Å². The molecule has 4 N–H and O–H groups in total. The Morgan fingerprint density at radius 1 is 0.857 bits per heavy atom. The Hall–Kier alpha value is -4.44. The van der Waals surface area contributed by atoms with Crippen LogP contribution < -0.4 is 5.48 Å². The van der Waals surface area contributed by atoms with Crippen molar-refractivity contribution in [1.29, 1.82) is 0 Å². The quantitative estimate of drug-likeness (QED) is 0.160. The van der Waals surface area contributed by atoms with Crippen LogP contribution in [0.4, 0.5) is 4.79 Å². The van der Waals surface area contributed by atoms with Crippen molar-refractivity contribution in [3.63, 3.8) is 0 Å². The lowest BCUT2D eigenvalue weighted by Gasteiger charge is -2.11. The average molecular weight is 575 g/mol. The second-order valence-corrected chi connectivity index (χ2v) is 10.5. The molecule has 0 fully saturated rings. The summed E-state index contributed by atoms with van der Waals surface area (Å²) in [6, 6.07) is 14.4. The first-order chi connectivity index (χ1) is 20.3. The molecule has 1 atom stereocenters. The third-order valence-corrected chi connectivity index (χ3v) is 7.38. The van der Waals surface area contributed by atoms with Crippen LogP contribution in [0.1, 0.15) is 79.9 Å². The monoisotopic (exact) mass is 574 g/mol. The standard InChI is InChI=1S/C32H38N4O6/c1-3-4-5-6-7-8-9-10-11-25-28(22-14-18-24(19-15-22)30(37)36(2)32(40)41)34-29(33-25)23-16-12-21(13-17-23)26-20-27(31(38)39)42-35-26/h12-20,27,35H,3-11H2,1-2H3,(H,33,34)(H,38,39)(H,40,41). The van der Waals surface area contributed by atoms with Crippen LogP contribution in [0.15, 0.2) is 54.6 Å². The van der Waals surface area contributed by atoms with Crippen LogP contribution >= 0.6 is 0 Å². The number of hydrogen-bond acceptors (Lipinski definition) is 6. The van der Waals surface area contributed by atoms with Gasteiger partial charge in [0, 0.05) is 29.4 Å². The molecule has 0 spiro atoms. The van der Waals surface area contributed by atoms with Crippen molar-refractivity contribution in [2.45, 2.75) is 70.8 Å². The number of nitrogens with zero attached hydrogens (tertiary/aromatic N) is 2. The van der Waals surface area contributed by atoms with E-state index in [-0.39, 0.29) is 5.56 Å². The van der Waals surface area contributed by atoms with Gasteiger partial charge in [-0.15, -0.1) is 0 Å². The third kappa shape index (κ3) is 7.64. The fourth-order valence-corrected chi connectivity index (χ4v) is 4.88. The average Bonchev–Trinajstić information content (AvgIpc) is 3.66. The topological polar surface area (TPSA) is 145 Å². The minimum Gasteiger partial charge on any atom is -0.479 e. The van der Waals surface area contributed by atoms with Gasteiger partial charge in [0.1, 0.15) is 5.82 Å². The number of aromatic nitrogens is 2. The molecule has 0 radical (unpaired) electrons. The van der Waals surface area contributed by atoms with Gasteiger partial charge in [-0.1, -0.05) is 88.3 Å². The lowest BCUT2D eigenvalue weighted by atomic mass is 10.0. The zero-order valence-corrected chi connectivity index (χ0v) is 24.1. The van der Waals surface area contributed by atoms with Crippen molar-refractivity contribution in [2.75, 3.05) is 7.05 Å². The molecule has 10 heteroatoms. The Balaban J connectivity index is 1.53. The van der Waals surface area contributed by atoms with E-state index >= 15 is 0 Å². The van der Waals surface area contributed by atoms with E-state index in [2.05, 4.69) is 17.4 Å². The number of hydrogen-bond donors (Lipinski definition) is 4. The summed E-state index contributed by atoms with van der Waals surface area (Å²) in [4.78, 5) is 49.0. The molecule has 1 aromatic heterocycles. The number of carboxylic acids is 1. The van der Waals surface area contributed by atoms with Gasteiger partial charge in [-0.05, 0) is 36.6 Å². The van der Waals surface area contributed by atoms with Crippen LogP contribution in [0.5, 0.6) is 0 Å². The highest BCUT2D eigenvalue weighted by molar-refractivity contribution is 6.02. The highest BCUT2D eigenvalue weighted by Gasteiger charge is 2.24. The molecule has 0 saturated heterocycles. The minimum absolute atomic E-state index is 0.281. The molecule has 0 aliphatic carbocycles. The van der Waals surface area contributed by atoms with E-state index in [1.54, 1.807) is 24.3 Å². The van der Waals surface area contributed by atoms with E-state index < -0.39 is 24.1 Å². The summed E-state index contributed by atoms with van der Waals surface area (Å²) in [5.74, 6) is -0.958. The van der Waals surface area contributed by atoms with Gasteiger partial charge in [-0.25, -0.2) is 19.5 Å². The van der Waals surface area contributed by atoms with Gasteiger partial charge in [0.2, 0.25) is 6.10 Å². The van der Waals surface area contributed by atoms with Crippen LogP contribution in [0.2, 0.25) is 0 Å². The molecule has 2 amide bonds. The number of hydroxylamine groups is 1. The number of aromatic amines is 1. The number of carbonyl (C=O) groups is 3. The molecular weight excluding hydrogens is 536 g/mol. The Morgan fingerprint density at radius 2 is 1.45 bits per heavy atom. The predicted molar refractivity (Wildman–Crippen MR) is 160 cm³/mol. The van der Waals surface area contributed by atoms with Gasteiger partial charge >= 0.3 is 12.1 Å². The van der Waals surface area contributed by atoms with E-state index in [4.69, 9.17) is 20.0 Å². The lowest BCUT2D eigenvalue weighted by Crippen LogP contribution is -2.31. The van der Waals surface area contributed by atoms with Crippen molar-refractivity contribution in [2.24, 2.45) is 0 Å². The molecule has 1 unspecified atom stereocenters.